The third kappa shape index (κ3) is 2.52. The molecule has 2 unspecified atom stereocenters. The number of rotatable bonds is 4. The smallest absolute Gasteiger partial charge is 0.144 e. The second-order valence-corrected chi connectivity index (χ2v) is 5.92. The highest BCUT2D eigenvalue weighted by molar-refractivity contribution is 6.31. The molecule has 1 aromatic heterocycles. The Kier molecular flexibility index (Phi) is 3.39. The first-order valence-corrected chi connectivity index (χ1v) is 7.59. The molecule has 1 aliphatic rings. The number of halogens is 2. The molecule has 2 aromatic carbocycles. The highest BCUT2D eigenvalue weighted by Gasteiger charge is 2.59. The molecular weight excluding hydrogens is 317 g/mol. The van der Waals surface area contributed by atoms with E-state index in [-0.39, 0.29) is 11.9 Å². The maximum atomic E-state index is 13.3. The highest BCUT2D eigenvalue weighted by Crippen LogP contribution is 2.59. The molecule has 0 spiro atoms. The number of hydrogen-bond donors (Lipinski definition) is 0. The maximum absolute atomic E-state index is 13.3. The first-order chi connectivity index (χ1) is 11.2. The summed E-state index contributed by atoms with van der Waals surface area (Å²) in [6.45, 7) is 0.481. The molecule has 1 fully saturated rings. The van der Waals surface area contributed by atoms with Crippen molar-refractivity contribution < 1.29 is 9.13 Å². The van der Waals surface area contributed by atoms with E-state index in [0.717, 1.165) is 11.1 Å². The van der Waals surface area contributed by atoms with Crippen LogP contribution in [0.1, 0.15) is 17.2 Å². The Hall–Kier alpha value is -2.24. The molecule has 1 saturated heterocycles. The minimum Gasteiger partial charge on any atom is -0.354 e. The molecule has 4 rings (SSSR count). The summed E-state index contributed by atoms with van der Waals surface area (Å²) in [5.74, 6) is -0.278. The third-order valence-electron chi connectivity index (χ3n) is 4.08. The molecule has 4 nitrogen and oxygen atoms in total. The SMILES string of the molecule is Fc1ccc(C2(Cn3ccnn3)OC2c2ccccc2Cl)cc1. The fourth-order valence-corrected chi connectivity index (χ4v) is 3.13. The van der Waals surface area contributed by atoms with Crippen molar-refractivity contribution in [2.24, 2.45) is 0 Å². The van der Waals surface area contributed by atoms with E-state index in [0.29, 0.717) is 11.6 Å². The number of epoxide rings is 1. The number of nitrogens with zero attached hydrogens (tertiary/aromatic N) is 3. The summed E-state index contributed by atoms with van der Waals surface area (Å²) < 4.78 is 21.1. The topological polar surface area (TPSA) is 43.2 Å². The van der Waals surface area contributed by atoms with Gasteiger partial charge < -0.3 is 4.74 Å². The maximum Gasteiger partial charge on any atom is 0.144 e. The van der Waals surface area contributed by atoms with Crippen LogP contribution in [0.5, 0.6) is 0 Å². The average Bonchev–Trinajstić information content (AvgIpc) is 3.02. The summed E-state index contributed by atoms with van der Waals surface area (Å²) in [6.07, 6.45) is 3.19. The Morgan fingerprint density at radius 3 is 2.65 bits per heavy atom. The number of ether oxygens (including phenoxy) is 1. The molecule has 2 heterocycles. The van der Waals surface area contributed by atoms with Crippen molar-refractivity contribution >= 4 is 11.6 Å². The second kappa shape index (κ2) is 5.44. The van der Waals surface area contributed by atoms with E-state index in [4.69, 9.17) is 16.3 Å². The lowest BCUT2D eigenvalue weighted by molar-refractivity contribution is 0.261. The van der Waals surface area contributed by atoms with Gasteiger partial charge in [0.15, 0.2) is 0 Å². The molecule has 3 aromatic rings. The largest absolute Gasteiger partial charge is 0.354 e. The Morgan fingerprint density at radius 2 is 1.96 bits per heavy atom. The minimum atomic E-state index is -0.619. The molecule has 0 N–H and O–H groups in total. The summed E-state index contributed by atoms with van der Waals surface area (Å²) in [6, 6.07) is 13.9. The van der Waals surface area contributed by atoms with E-state index >= 15 is 0 Å². The molecule has 0 aliphatic carbocycles. The van der Waals surface area contributed by atoms with Crippen LogP contribution in [0.25, 0.3) is 0 Å². The van der Waals surface area contributed by atoms with Crippen molar-refractivity contribution in [3.8, 4) is 0 Å². The van der Waals surface area contributed by atoms with E-state index in [1.807, 2.05) is 24.3 Å². The summed E-state index contributed by atoms with van der Waals surface area (Å²) in [7, 11) is 0. The van der Waals surface area contributed by atoms with E-state index in [1.165, 1.54) is 12.1 Å². The quantitative estimate of drug-likeness (QED) is 0.685. The zero-order valence-electron chi connectivity index (χ0n) is 12.1. The van der Waals surface area contributed by atoms with Crippen LogP contribution in [0.2, 0.25) is 5.02 Å². The predicted molar refractivity (Wildman–Crippen MR) is 83.4 cm³/mol. The lowest BCUT2D eigenvalue weighted by Gasteiger charge is -2.14. The van der Waals surface area contributed by atoms with Crippen LogP contribution < -0.4 is 0 Å². The molecule has 0 amide bonds. The van der Waals surface area contributed by atoms with Crippen molar-refractivity contribution in [2.75, 3.05) is 0 Å². The van der Waals surface area contributed by atoms with Gasteiger partial charge >= 0.3 is 0 Å². The first-order valence-electron chi connectivity index (χ1n) is 7.21. The van der Waals surface area contributed by atoms with Gasteiger partial charge in [-0.1, -0.05) is 47.1 Å². The van der Waals surface area contributed by atoms with Crippen molar-refractivity contribution in [3.05, 3.63) is 82.9 Å². The summed E-state index contributed by atoms with van der Waals surface area (Å²) >= 11 is 6.31. The van der Waals surface area contributed by atoms with E-state index in [1.54, 1.807) is 29.2 Å². The fourth-order valence-electron chi connectivity index (χ4n) is 2.90. The van der Waals surface area contributed by atoms with E-state index < -0.39 is 5.60 Å². The van der Waals surface area contributed by atoms with Crippen molar-refractivity contribution in [1.29, 1.82) is 0 Å². The van der Waals surface area contributed by atoms with Crippen LogP contribution >= 0.6 is 11.6 Å². The van der Waals surface area contributed by atoms with Gasteiger partial charge in [-0.2, -0.15) is 0 Å². The molecule has 2 atom stereocenters. The summed E-state index contributed by atoms with van der Waals surface area (Å²) in [4.78, 5) is 0. The van der Waals surface area contributed by atoms with Gasteiger partial charge in [-0.3, -0.25) is 0 Å². The molecule has 23 heavy (non-hydrogen) atoms. The summed E-state index contributed by atoms with van der Waals surface area (Å²) in [5.41, 5.74) is 1.18. The van der Waals surface area contributed by atoms with Gasteiger partial charge in [-0.05, 0) is 23.8 Å². The van der Waals surface area contributed by atoms with Gasteiger partial charge in [0, 0.05) is 16.8 Å². The number of hydrogen-bond acceptors (Lipinski definition) is 3. The molecule has 0 saturated carbocycles. The third-order valence-corrected chi connectivity index (χ3v) is 4.43. The van der Waals surface area contributed by atoms with E-state index in [9.17, 15) is 4.39 Å². The lowest BCUT2D eigenvalue weighted by Crippen LogP contribution is -2.19. The summed E-state index contributed by atoms with van der Waals surface area (Å²) in [5, 5.41) is 8.50. The molecule has 0 radical (unpaired) electrons. The van der Waals surface area contributed by atoms with Crippen LogP contribution in [-0.4, -0.2) is 15.0 Å². The minimum absolute atomic E-state index is 0.203. The van der Waals surface area contributed by atoms with Crippen molar-refractivity contribution in [2.45, 2.75) is 18.2 Å². The molecule has 6 heteroatoms. The van der Waals surface area contributed by atoms with Crippen LogP contribution in [0.3, 0.4) is 0 Å². The predicted octanol–water partition coefficient (Wildman–Crippen LogP) is 3.74. The zero-order chi connectivity index (χ0) is 15.9. The standard InChI is InChI=1S/C17H13ClFN3O/c18-15-4-2-1-3-14(15)16-17(23-16,11-22-10-9-20-21-22)12-5-7-13(19)8-6-12/h1-10,16H,11H2. The van der Waals surface area contributed by atoms with E-state index in [2.05, 4.69) is 10.3 Å². The Morgan fingerprint density at radius 1 is 1.17 bits per heavy atom. The van der Waals surface area contributed by atoms with Crippen molar-refractivity contribution in [3.63, 3.8) is 0 Å². The van der Waals surface area contributed by atoms with Gasteiger partial charge in [-0.25, -0.2) is 9.07 Å². The van der Waals surface area contributed by atoms with Crippen molar-refractivity contribution in [1.82, 2.24) is 15.0 Å². The van der Waals surface area contributed by atoms with Crippen LogP contribution in [0.15, 0.2) is 60.9 Å². The van der Waals surface area contributed by atoms with Crippen LogP contribution in [0.4, 0.5) is 4.39 Å². The number of benzene rings is 2. The van der Waals surface area contributed by atoms with Gasteiger partial charge in [0.2, 0.25) is 0 Å². The lowest BCUT2D eigenvalue weighted by atomic mass is 9.91. The number of aromatic nitrogens is 3. The van der Waals surface area contributed by atoms with Gasteiger partial charge in [0.1, 0.15) is 17.5 Å². The molecule has 1 aliphatic heterocycles. The Balaban J connectivity index is 1.74. The molecular formula is C17H13ClFN3O. The first kappa shape index (κ1) is 14.4. The Labute approximate surface area is 137 Å². The highest BCUT2D eigenvalue weighted by atomic mass is 35.5. The average molecular weight is 330 g/mol. The molecule has 0 bridgehead atoms. The zero-order valence-corrected chi connectivity index (χ0v) is 12.8. The Bertz CT molecular complexity index is 822. The molecule has 116 valence electrons. The monoisotopic (exact) mass is 329 g/mol. The van der Waals surface area contributed by atoms with Crippen LogP contribution in [0, 0.1) is 5.82 Å². The van der Waals surface area contributed by atoms with Crippen LogP contribution in [-0.2, 0) is 16.9 Å². The fraction of sp³-hybridized carbons (Fsp3) is 0.176. The van der Waals surface area contributed by atoms with Gasteiger partial charge in [0.05, 0.1) is 12.7 Å². The second-order valence-electron chi connectivity index (χ2n) is 5.52. The van der Waals surface area contributed by atoms with Gasteiger partial charge in [-0.15, -0.1) is 5.10 Å². The normalized spacial score (nSPS) is 23.0. The van der Waals surface area contributed by atoms with Gasteiger partial charge in [0.25, 0.3) is 0 Å².